The SMILES string of the molecule is O.O.O.O.O.O.O.O.O.O.[B-].[Na+]. The zero-order valence-electron chi connectivity index (χ0n) is 6.58. The van der Waals surface area contributed by atoms with Crippen molar-refractivity contribution in [2.45, 2.75) is 0 Å². The number of hydrogen-bond acceptors (Lipinski definition) is 0. The normalized spacial score (nSPS) is 0. The average Bonchev–Trinajstić information content (AvgIpc) is 0. The molecule has 12 heteroatoms. The summed E-state index contributed by atoms with van der Waals surface area (Å²) in [4.78, 5) is 0. The van der Waals surface area contributed by atoms with Gasteiger partial charge in [-0.25, -0.2) is 0 Å². The van der Waals surface area contributed by atoms with Crippen molar-refractivity contribution in [1.82, 2.24) is 0 Å². The molecule has 0 aromatic rings. The van der Waals surface area contributed by atoms with Crippen molar-refractivity contribution in [3.63, 3.8) is 0 Å². The van der Waals surface area contributed by atoms with E-state index in [-0.39, 0.29) is 92.7 Å². The summed E-state index contributed by atoms with van der Waals surface area (Å²) in [7, 11) is 0. The molecule has 0 aliphatic rings. The van der Waals surface area contributed by atoms with Crippen LogP contribution >= 0.6 is 0 Å². The van der Waals surface area contributed by atoms with E-state index in [1.165, 1.54) is 0 Å². The molecule has 0 aliphatic carbocycles. The van der Waals surface area contributed by atoms with E-state index in [1.54, 1.807) is 0 Å². The maximum Gasteiger partial charge on any atom is 1.00 e. The average molecular weight is 214 g/mol. The Bertz CT molecular complexity index is 9.80. The van der Waals surface area contributed by atoms with Crippen molar-refractivity contribution >= 4 is 8.41 Å². The third kappa shape index (κ3) is 2250. The molecule has 0 unspecified atom stereocenters. The summed E-state index contributed by atoms with van der Waals surface area (Å²) in [5.41, 5.74) is 0. The molecule has 4 radical (unpaired) electrons. The minimum absolute atomic E-state index is 0. The molecule has 0 fully saturated rings. The second kappa shape index (κ2) is 3000. The molecule has 0 rings (SSSR count). The van der Waals surface area contributed by atoms with Gasteiger partial charge in [0, 0.05) is 0 Å². The Labute approximate surface area is 92.9 Å². The summed E-state index contributed by atoms with van der Waals surface area (Å²) in [6.07, 6.45) is 0. The predicted molar refractivity (Wildman–Crippen MR) is 41.9 cm³/mol. The molecule has 20 N–H and O–H groups in total. The molecule has 0 saturated carbocycles. The molecule has 0 aliphatic heterocycles. The van der Waals surface area contributed by atoms with Crippen LogP contribution < -0.4 is 29.6 Å². The van der Waals surface area contributed by atoms with E-state index >= 15 is 0 Å². The first-order chi connectivity index (χ1) is 0. The first-order valence-electron chi connectivity index (χ1n) is 0. The fraction of sp³-hybridized carbons (Fsp3) is 0. The van der Waals surface area contributed by atoms with E-state index in [2.05, 4.69) is 0 Å². The van der Waals surface area contributed by atoms with Crippen LogP contribution in [0, 0.1) is 0 Å². The Kier molecular flexibility index (Phi) is 975000. The van der Waals surface area contributed by atoms with Crippen molar-refractivity contribution in [3.8, 4) is 0 Å². The van der Waals surface area contributed by atoms with Crippen molar-refractivity contribution in [3.05, 3.63) is 0 Å². The Hall–Kier alpha value is 0.665. The molecule has 10 nitrogen and oxygen atoms in total. The maximum absolute atomic E-state index is 0. The summed E-state index contributed by atoms with van der Waals surface area (Å²) in [6.45, 7) is 0. The molecule has 0 amide bonds. The molecule has 0 spiro atoms. The zero-order valence-corrected chi connectivity index (χ0v) is 8.58. The van der Waals surface area contributed by atoms with Crippen LogP contribution in [0.1, 0.15) is 0 Å². The zero-order chi connectivity index (χ0) is 0. The fourth-order valence-corrected chi connectivity index (χ4v) is 0. The van der Waals surface area contributed by atoms with E-state index in [4.69, 9.17) is 0 Å². The van der Waals surface area contributed by atoms with E-state index in [0.29, 0.717) is 0 Å². The fourth-order valence-electron chi connectivity index (χ4n) is 0. The topological polar surface area (TPSA) is 315 Å². The van der Waals surface area contributed by atoms with Gasteiger partial charge in [-0.1, -0.05) is 0 Å². The second-order valence-electron chi connectivity index (χ2n) is 0. The van der Waals surface area contributed by atoms with Crippen LogP contribution in [0.25, 0.3) is 0 Å². The minimum Gasteiger partial charge on any atom is -1.00 e. The van der Waals surface area contributed by atoms with Gasteiger partial charge in [-0.2, -0.15) is 0 Å². The van der Waals surface area contributed by atoms with Gasteiger partial charge in [0.15, 0.2) is 0 Å². The van der Waals surface area contributed by atoms with Crippen LogP contribution in [0.2, 0.25) is 0 Å². The van der Waals surface area contributed by atoms with E-state index in [0.717, 1.165) is 0 Å². The van der Waals surface area contributed by atoms with Gasteiger partial charge in [0.1, 0.15) is 0 Å². The van der Waals surface area contributed by atoms with Gasteiger partial charge in [0.2, 0.25) is 0 Å². The summed E-state index contributed by atoms with van der Waals surface area (Å²) < 4.78 is 0. The monoisotopic (exact) mass is 214 g/mol. The van der Waals surface area contributed by atoms with Gasteiger partial charge in [0.05, 0.1) is 0 Å². The van der Waals surface area contributed by atoms with Crippen LogP contribution in [-0.4, -0.2) is 63.2 Å². The van der Waals surface area contributed by atoms with Crippen LogP contribution in [0.15, 0.2) is 0 Å². The second-order valence-corrected chi connectivity index (χ2v) is 0. The Morgan fingerprint density at radius 2 is 0.250 bits per heavy atom. The van der Waals surface area contributed by atoms with Crippen molar-refractivity contribution < 1.29 is 84.3 Å². The molecular formula is H20BNaO10. The van der Waals surface area contributed by atoms with E-state index in [9.17, 15) is 0 Å². The molecule has 84 valence electrons. The first kappa shape index (κ1) is 3900. The van der Waals surface area contributed by atoms with Crippen LogP contribution in [-0.2, 0) is 0 Å². The molecule has 0 aromatic carbocycles. The van der Waals surface area contributed by atoms with Gasteiger partial charge in [-0.15, -0.1) is 0 Å². The molecule has 12 heavy (non-hydrogen) atoms. The van der Waals surface area contributed by atoms with Gasteiger partial charge in [-0.05, 0) is 0 Å². The standard InChI is InChI=1S/B.Na.10H2O/h;;10*1H2/q-1;+1;;;;;;;;;;. The number of hydrogen-bond donors (Lipinski definition) is 0. The van der Waals surface area contributed by atoms with Crippen LogP contribution in [0.4, 0.5) is 0 Å². The van der Waals surface area contributed by atoms with Gasteiger partial charge >= 0.3 is 29.6 Å². The maximum atomic E-state index is 0. The summed E-state index contributed by atoms with van der Waals surface area (Å²) in [5, 5.41) is 0. The van der Waals surface area contributed by atoms with Crippen molar-refractivity contribution in [1.29, 1.82) is 0 Å². The van der Waals surface area contributed by atoms with Crippen molar-refractivity contribution in [2.24, 2.45) is 0 Å². The predicted octanol–water partition coefficient (Wildman–Crippen LogP) is -11.6. The van der Waals surface area contributed by atoms with E-state index < -0.39 is 0 Å². The molecular weight excluding hydrogens is 194 g/mol. The Morgan fingerprint density at radius 3 is 0.250 bits per heavy atom. The molecule has 0 heterocycles. The molecule has 0 aromatic heterocycles. The first-order valence-corrected chi connectivity index (χ1v) is 0. The van der Waals surface area contributed by atoms with Gasteiger partial charge < -0.3 is 63.2 Å². The van der Waals surface area contributed by atoms with Crippen molar-refractivity contribution in [2.75, 3.05) is 0 Å². The third-order valence-corrected chi connectivity index (χ3v) is 0. The van der Waals surface area contributed by atoms with Gasteiger partial charge in [0.25, 0.3) is 0 Å². The minimum atomic E-state index is 0. The Balaban J connectivity index is 0. The Morgan fingerprint density at radius 1 is 0.250 bits per heavy atom. The molecule has 0 saturated heterocycles. The third-order valence-electron chi connectivity index (χ3n) is 0. The summed E-state index contributed by atoms with van der Waals surface area (Å²) >= 11 is 0. The summed E-state index contributed by atoms with van der Waals surface area (Å²) in [5.74, 6) is 0. The van der Waals surface area contributed by atoms with Crippen LogP contribution in [0.5, 0.6) is 0 Å². The van der Waals surface area contributed by atoms with E-state index in [1.807, 2.05) is 0 Å². The smallest absolute Gasteiger partial charge is 1.00 e. The summed E-state index contributed by atoms with van der Waals surface area (Å²) in [6, 6.07) is 0. The molecule has 0 bridgehead atoms. The quantitative estimate of drug-likeness (QED) is 0.338. The molecule has 0 atom stereocenters. The number of rotatable bonds is 0. The largest absolute Gasteiger partial charge is 1.00 e. The van der Waals surface area contributed by atoms with Crippen LogP contribution in [0.3, 0.4) is 0 Å². The van der Waals surface area contributed by atoms with Gasteiger partial charge in [-0.3, -0.25) is 0 Å².